The summed E-state index contributed by atoms with van der Waals surface area (Å²) >= 11 is 1.80. The second kappa shape index (κ2) is 5.49. The molecule has 1 N–H and O–H groups in total. The number of rotatable bonds is 4. The van der Waals surface area contributed by atoms with Gasteiger partial charge in [-0.1, -0.05) is 13.3 Å². The van der Waals surface area contributed by atoms with Crippen molar-refractivity contribution in [3.05, 3.63) is 15.6 Å². The molecule has 1 aromatic heterocycles. The minimum absolute atomic E-state index is 0.399. The molecule has 0 amide bonds. The summed E-state index contributed by atoms with van der Waals surface area (Å²) in [6, 6.07) is 0.399. The minimum Gasteiger partial charge on any atom is -0.309 e. The van der Waals surface area contributed by atoms with E-state index in [2.05, 4.69) is 38.0 Å². The fourth-order valence-corrected chi connectivity index (χ4v) is 3.81. The van der Waals surface area contributed by atoms with Gasteiger partial charge in [0.1, 0.15) is 0 Å². The molecule has 1 aromatic rings. The highest BCUT2D eigenvalue weighted by Gasteiger charge is 2.22. The lowest BCUT2D eigenvalue weighted by Gasteiger charge is -2.16. The van der Waals surface area contributed by atoms with E-state index in [9.17, 15) is 0 Å². The smallest absolute Gasteiger partial charge is 0.0900 e. The quantitative estimate of drug-likeness (QED) is 0.880. The van der Waals surface area contributed by atoms with Gasteiger partial charge in [0.2, 0.25) is 0 Å². The molecule has 3 unspecified atom stereocenters. The highest BCUT2D eigenvalue weighted by atomic mass is 32.1. The highest BCUT2D eigenvalue weighted by molar-refractivity contribution is 7.11. The Morgan fingerprint density at radius 1 is 1.41 bits per heavy atom. The lowest BCUT2D eigenvalue weighted by Crippen LogP contribution is -2.25. The lowest BCUT2D eigenvalue weighted by atomic mass is 10.1. The largest absolute Gasteiger partial charge is 0.309 e. The summed E-state index contributed by atoms with van der Waals surface area (Å²) < 4.78 is 0. The first-order valence-corrected chi connectivity index (χ1v) is 7.55. The van der Waals surface area contributed by atoms with Crippen molar-refractivity contribution in [2.45, 2.75) is 53.0 Å². The van der Waals surface area contributed by atoms with Gasteiger partial charge in [0.25, 0.3) is 0 Å². The van der Waals surface area contributed by atoms with Crippen molar-refractivity contribution in [3.63, 3.8) is 0 Å². The van der Waals surface area contributed by atoms with E-state index < -0.39 is 0 Å². The minimum atomic E-state index is 0.399. The number of hydrogen-bond acceptors (Lipinski definition) is 3. The topological polar surface area (TPSA) is 24.9 Å². The van der Waals surface area contributed by atoms with E-state index in [0.29, 0.717) is 6.04 Å². The van der Waals surface area contributed by atoms with E-state index in [1.165, 1.54) is 34.8 Å². The zero-order valence-electron chi connectivity index (χ0n) is 11.4. The van der Waals surface area contributed by atoms with Crippen molar-refractivity contribution in [3.8, 4) is 0 Å². The van der Waals surface area contributed by atoms with E-state index >= 15 is 0 Å². The third-order valence-electron chi connectivity index (χ3n) is 3.87. The van der Waals surface area contributed by atoms with Crippen molar-refractivity contribution in [1.82, 2.24) is 10.3 Å². The van der Waals surface area contributed by atoms with E-state index in [4.69, 9.17) is 0 Å². The second-order valence-corrected chi connectivity index (χ2v) is 7.00. The monoisotopic (exact) mass is 252 g/mol. The molecular weight excluding hydrogens is 228 g/mol. The van der Waals surface area contributed by atoms with Gasteiger partial charge in [-0.25, -0.2) is 4.98 Å². The molecule has 17 heavy (non-hydrogen) atoms. The third kappa shape index (κ3) is 3.29. The Labute approximate surface area is 109 Å². The molecule has 2 rings (SSSR count). The normalized spacial score (nSPS) is 26.4. The molecule has 0 bridgehead atoms. The zero-order valence-corrected chi connectivity index (χ0v) is 12.2. The maximum Gasteiger partial charge on any atom is 0.0900 e. The fraction of sp³-hybridized carbons (Fsp3) is 0.786. The number of nitrogens with one attached hydrogen (secondary N) is 1. The second-order valence-electron chi connectivity index (χ2n) is 5.59. The number of aromatic nitrogens is 1. The summed E-state index contributed by atoms with van der Waals surface area (Å²) in [5.74, 6) is 1.81. The number of hydrogen-bond donors (Lipinski definition) is 1. The van der Waals surface area contributed by atoms with E-state index in [1.807, 2.05) is 0 Å². The Kier molecular flexibility index (Phi) is 4.21. The Morgan fingerprint density at radius 2 is 2.18 bits per heavy atom. The standard InChI is InChI=1S/C14H24N2S/c1-9-5-6-13(7-9)8-15-10(2)14-11(3)17-12(4)16-14/h9-10,13,15H,5-8H2,1-4H3. The van der Waals surface area contributed by atoms with Crippen LogP contribution in [0.15, 0.2) is 0 Å². The summed E-state index contributed by atoms with van der Waals surface area (Å²) in [6.07, 6.45) is 4.21. The molecule has 3 atom stereocenters. The summed E-state index contributed by atoms with van der Waals surface area (Å²) in [4.78, 5) is 5.99. The summed E-state index contributed by atoms with van der Waals surface area (Å²) in [5.41, 5.74) is 1.25. The van der Waals surface area contributed by atoms with Crippen LogP contribution < -0.4 is 5.32 Å². The van der Waals surface area contributed by atoms with Crippen LogP contribution in [0.3, 0.4) is 0 Å². The first kappa shape index (κ1) is 13.0. The fourth-order valence-electron chi connectivity index (χ4n) is 2.90. The van der Waals surface area contributed by atoms with Gasteiger partial charge in [0.15, 0.2) is 0 Å². The third-order valence-corrected chi connectivity index (χ3v) is 4.77. The van der Waals surface area contributed by atoms with Crippen molar-refractivity contribution in [2.75, 3.05) is 6.54 Å². The molecule has 1 saturated carbocycles. The van der Waals surface area contributed by atoms with Crippen molar-refractivity contribution in [1.29, 1.82) is 0 Å². The molecule has 1 aliphatic carbocycles. The van der Waals surface area contributed by atoms with Crippen LogP contribution in [0, 0.1) is 25.7 Å². The van der Waals surface area contributed by atoms with Gasteiger partial charge in [-0.15, -0.1) is 11.3 Å². The van der Waals surface area contributed by atoms with Crippen LogP contribution in [-0.4, -0.2) is 11.5 Å². The Balaban J connectivity index is 1.85. The average molecular weight is 252 g/mol. The van der Waals surface area contributed by atoms with Crippen LogP contribution in [-0.2, 0) is 0 Å². The van der Waals surface area contributed by atoms with Crippen LogP contribution >= 0.6 is 11.3 Å². The van der Waals surface area contributed by atoms with Crippen LogP contribution in [0.25, 0.3) is 0 Å². The van der Waals surface area contributed by atoms with Gasteiger partial charge < -0.3 is 5.32 Å². The predicted molar refractivity (Wildman–Crippen MR) is 74.5 cm³/mol. The SMILES string of the molecule is Cc1nc(C(C)NCC2CCC(C)C2)c(C)s1. The number of nitrogens with zero attached hydrogens (tertiary/aromatic N) is 1. The first-order valence-electron chi connectivity index (χ1n) is 6.73. The summed E-state index contributed by atoms with van der Waals surface area (Å²) in [7, 11) is 0. The van der Waals surface area contributed by atoms with E-state index in [0.717, 1.165) is 18.4 Å². The molecule has 0 aliphatic heterocycles. The van der Waals surface area contributed by atoms with Crippen molar-refractivity contribution < 1.29 is 0 Å². The summed E-state index contributed by atoms with van der Waals surface area (Å²) in [6.45, 7) is 10.0. The van der Waals surface area contributed by atoms with E-state index in [-0.39, 0.29) is 0 Å². The molecule has 1 fully saturated rings. The van der Waals surface area contributed by atoms with Crippen LogP contribution in [0.1, 0.15) is 54.7 Å². The molecular formula is C14H24N2S. The van der Waals surface area contributed by atoms with Crippen LogP contribution in [0.4, 0.5) is 0 Å². The van der Waals surface area contributed by atoms with Gasteiger partial charge in [-0.2, -0.15) is 0 Å². The van der Waals surface area contributed by atoms with Gasteiger partial charge >= 0.3 is 0 Å². The Bertz CT molecular complexity index is 372. The first-order chi connectivity index (χ1) is 8.06. The maximum absolute atomic E-state index is 4.63. The molecule has 0 spiro atoms. The van der Waals surface area contributed by atoms with Gasteiger partial charge in [0.05, 0.1) is 10.7 Å². The molecule has 96 valence electrons. The zero-order chi connectivity index (χ0) is 12.4. The molecule has 0 aromatic carbocycles. The summed E-state index contributed by atoms with van der Waals surface area (Å²) in [5, 5.41) is 4.84. The lowest BCUT2D eigenvalue weighted by molar-refractivity contribution is 0.436. The molecule has 0 radical (unpaired) electrons. The number of aryl methyl sites for hydroxylation is 2. The highest BCUT2D eigenvalue weighted by Crippen LogP contribution is 2.30. The van der Waals surface area contributed by atoms with Gasteiger partial charge in [0, 0.05) is 10.9 Å². The molecule has 0 saturated heterocycles. The molecule has 3 heteroatoms. The van der Waals surface area contributed by atoms with Gasteiger partial charge in [-0.05, 0) is 52.0 Å². The van der Waals surface area contributed by atoms with Crippen LogP contribution in [0.2, 0.25) is 0 Å². The van der Waals surface area contributed by atoms with E-state index in [1.54, 1.807) is 11.3 Å². The molecule has 1 aliphatic rings. The maximum atomic E-state index is 4.63. The Morgan fingerprint density at radius 3 is 2.71 bits per heavy atom. The predicted octanol–water partition coefficient (Wildman–Crippen LogP) is 3.85. The molecule has 1 heterocycles. The van der Waals surface area contributed by atoms with Crippen molar-refractivity contribution in [2.24, 2.45) is 11.8 Å². The average Bonchev–Trinajstić information content (AvgIpc) is 2.81. The Hall–Kier alpha value is -0.410. The van der Waals surface area contributed by atoms with Gasteiger partial charge in [-0.3, -0.25) is 0 Å². The van der Waals surface area contributed by atoms with Crippen molar-refractivity contribution >= 4 is 11.3 Å². The van der Waals surface area contributed by atoms with Crippen LogP contribution in [0.5, 0.6) is 0 Å². The molecule has 2 nitrogen and oxygen atoms in total. The number of thiazole rings is 1.